The zero-order valence-electron chi connectivity index (χ0n) is 15.0. The van der Waals surface area contributed by atoms with E-state index in [1.807, 2.05) is 6.07 Å². The van der Waals surface area contributed by atoms with Gasteiger partial charge in [0.2, 0.25) is 0 Å². The first-order valence-corrected chi connectivity index (χ1v) is 9.36. The van der Waals surface area contributed by atoms with Gasteiger partial charge in [0.15, 0.2) is 5.15 Å². The second-order valence-corrected chi connectivity index (χ2v) is 6.97. The van der Waals surface area contributed by atoms with E-state index in [1.54, 1.807) is 6.20 Å². The minimum absolute atomic E-state index is 0.00942. The van der Waals surface area contributed by atoms with E-state index in [4.69, 9.17) is 16.3 Å². The highest BCUT2D eigenvalue weighted by Crippen LogP contribution is 2.41. The molecule has 0 amide bonds. The quantitative estimate of drug-likeness (QED) is 0.665. The van der Waals surface area contributed by atoms with Crippen molar-refractivity contribution in [1.29, 1.82) is 0 Å². The van der Waals surface area contributed by atoms with Crippen molar-refractivity contribution in [2.24, 2.45) is 4.99 Å². The molecule has 2 N–H and O–H groups in total. The standard InChI is InChI=1S/C19H15ClF2N6O/c20-18-17-16(26-27-18)10-8-14(28-4-6-29-7-5-28)23-9-13(10)24-19(25-17)15-11(21)2-1-3-12(15)22/h1-3,8-9H,4-7H2,(H,24,25)(H,26,27). The van der Waals surface area contributed by atoms with Gasteiger partial charge in [-0.1, -0.05) is 17.7 Å². The van der Waals surface area contributed by atoms with E-state index in [2.05, 4.69) is 30.4 Å². The molecule has 0 spiro atoms. The maximum absolute atomic E-state index is 14.4. The SMILES string of the molecule is Fc1cccc(F)c1C1=Nc2c(Cl)n[nH]c2-c2cc(N3CCOCC3)ncc2N1. The number of nitrogens with zero attached hydrogens (tertiary/aromatic N) is 4. The average molecular weight is 417 g/mol. The molecule has 1 fully saturated rings. The third-order valence-corrected chi connectivity index (χ3v) is 5.13. The summed E-state index contributed by atoms with van der Waals surface area (Å²) >= 11 is 6.21. The van der Waals surface area contributed by atoms with Gasteiger partial charge in [-0.25, -0.2) is 18.8 Å². The van der Waals surface area contributed by atoms with Crippen LogP contribution in [0, 0.1) is 11.6 Å². The number of amidine groups is 1. The molecule has 2 aliphatic heterocycles. The molecule has 2 aromatic heterocycles. The number of aromatic nitrogens is 3. The fourth-order valence-corrected chi connectivity index (χ4v) is 3.61. The molecule has 1 aromatic carbocycles. The van der Waals surface area contributed by atoms with Crippen molar-refractivity contribution in [2.75, 3.05) is 36.5 Å². The third kappa shape index (κ3) is 3.12. The number of nitrogens with one attached hydrogen (secondary N) is 2. The molecule has 1 saturated heterocycles. The summed E-state index contributed by atoms with van der Waals surface area (Å²) in [6, 6.07) is 5.51. The normalized spacial score (nSPS) is 15.8. The fraction of sp³-hybridized carbons (Fsp3) is 0.211. The van der Waals surface area contributed by atoms with Crippen LogP contribution in [0.25, 0.3) is 11.3 Å². The fourth-order valence-electron chi connectivity index (χ4n) is 3.43. The Morgan fingerprint density at radius 3 is 2.66 bits per heavy atom. The summed E-state index contributed by atoms with van der Waals surface area (Å²) < 4.78 is 34.2. The monoisotopic (exact) mass is 416 g/mol. The van der Waals surface area contributed by atoms with Crippen molar-refractivity contribution in [3.05, 3.63) is 52.8 Å². The van der Waals surface area contributed by atoms with Gasteiger partial charge in [-0.15, -0.1) is 0 Å². The van der Waals surface area contributed by atoms with Gasteiger partial charge in [-0.2, -0.15) is 5.10 Å². The van der Waals surface area contributed by atoms with E-state index in [9.17, 15) is 8.78 Å². The Morgan fingerprint density at radius 1 is 1.14 bits per heavy atom. The summed E-state index contributed by atoms with van der Waals surface area (Å²) in [5.74, 6) is -0.728. The molecule has 0 radical (unpaired) electrons. The number of pyridine rings is 1. The highest BCUT2D eigenvalue weighted by atomic mass is 35.5. The minimum atomic E-state index is -0.737. The maximum atomic E-state index is 14.4. The smallest absolute Gasteiger partial charge is 0.177 e. The largest absolute Gasteiger partial charge is 0.378 e. The lowest BCUT2D eigenvalue weighted by molar-refractivity contribution is 0.122. The third-order valence-electron chi connectivity index (χ3n) is 4.87. The van der Waals surface area contributed by atoms with Gasteiger partial charge in [0.1, 0.15) is 29.0 Å². The van der Waals surface area contributed by atoms with E-state index < -0.39 is 11.6 Å². The molecule has 0 unspecified atom stereocenters. The molecule has 4 heterocycles. The lowest BCUT2D eigenvalue weighted by Gasteiger charge is -2.28. The lowest BCUT2D eigenvalue weighted by atomic mass is 10.1. The van der Waals surface area contributed by atoms with Crippen LogP contribution in [0.4, 0.5) is 26.0 Å². The van der Waals surface area contributed by atoms with Crippen LogP contribution in [0.2, 0.25) is 5.15 Å². The molecule has 0 bridgehead atoms. The molecular formula is C19H15ClF2N6O. The summed E-state index contributed by atoms with van der Waals surface area (Å²) in [6.07, 6.45) is 1.61. The second kappa shape index (κ2) is 7.09. The lowest BCUT2D eigenvalue weighted by Crippen LogP contribution is -2.36. The Bertz CT molecular complexity index is 1110. The average Bonchev–Trinajstić information content (AvgIpc) is 3.00. The van der Waals surface area contributed by atoms with E-state index >= 15 is 0 Å². The van der Waals surface area contributed by atoms with Crippen LogP contribution in [0.3, 0.4) is 0 Å². The number of halogens is 3. The first kappa shape index (κ1) is 18.0. The van der Waals surface area contributed by atoms with E-state index in [0.717, 1.165) is 18.9 Å². The van der Waals surface area contributed by atoms with E-state index in [-0.39, 0.29) is 16.6 Å². The van der Waals surface area contributed by atoms with Crippen LogP contribution in [0.1, 0.15) is 5.56 Å². The number of benzene rings is 1. The number of ether oxygens (including phenoxy) is 1. The highest BCUT2D eigenvalue weighted by Gasteiger charge is 2.26. The Balaban J connectivity index is 1.66. The number of aliphatic imine (C=N–C) groups is 1. The second-order valence-electron chi connectivity index (χ2n) is 6.61. The summed E-state index contributed by atoms with van der Waals surface area (Å²) in [7, 11) is 0. The number of H-pyrrole nitrogens is 1. The molecule has 148 valence electrons. The van der Waals surface area contributed by atoms with E-state index in [0.29, 0.717) is 35.8 Å². The van der Waals surface area contributed by atoms with E-state index in [1.165, 1.54) is 18.2 Å². The summed E-state index contributed by atoms with van der Waals surface area (Å²) in [4.78, 5) is 11.0. The van der Waals surface area contributed by atoms with Crippen molar-refractivity contribution < 1.29 is 13.5 Å². The number of fused-ring (bicyclic) bond motifs is 3. The maximum Gasteiger partial charge on any atom is 0.177 e. The van der Waals surface area contributed by atoms with Crippen LogP contribution >= 0.6 is 11.6 Å². The Hall–Kier alpha value is -3.04. The van der Waals surface area contributed by atoms with Gasteiger partial charge in [0.25, 0.3) is 0 Å². The van der Waals surface area contributed by atoms with Crippen LogP contribution in [0.5, 0.6) is 0 Å². The first-order valence-electron chi connectivity index (χ1n) is 8.99. The number of morpholine rings is 1. The molecule has 29 heavy (non-hydrogen) atoms. The Labute approximate surface area is 169 Å². The summed E-state index contributed by atoms with van der Waals surface area (Å²) in [6.45, 7) is 2.69. The molecule has 2 aliphatic rings. The van der Waals surface area contributed by atoms with Crippen LogP contribution in [-0.4, -0.2) is 47.3 Å². The molecule has 0 saturated carbocycles. The highest BCUT2D eigenvalue weighted by molar-refractivity contribution is 6.33. The van der Waals surface area contributed by atoms with Gasteiger partial charge in [-0.05, 0) is 18.2 Å². The predicted molar refractivity (Wildman–Crippen MR) is 106 cm³/mol. The topological polar surface area (TPSA) is 78.4 Å². The summed E-state index contributed by atoms with van der Waals surface area (Å²) in [5, 5.41) is 9.99. The number of anilines is 2. The molecule has 7 nitrogen and oxygen atoms in total. The van der Waals surface area contributed by atoms with Crippen molar-refractivity contribution in [1.82, 2.24) is 15.2 Å². The minimum Gasteiger partial charge on any atom is -0.378 e. The van der Waals surface area contributed by atoms with Gasteiger partial charge < -0.3 is 15.0 Å². The van der Waals surface area contributed by atoms with Crippen molar-refractivity contribution >= 4 is 34.6 Å². The zero-order chi connectivity index (χ0) is 20.0. The van der Waals surface area contributed by atoms with Crippen LogP contribution < -0.4 is 10.2 Å². The number of hydrogen-bond acceptors (Lipinski definition) is 6. The molecule has 3 aromatic rings. The van der Waals surface area contributed by atoms with Crippen molar-refractivity contribution in [3.8, 4) is 11.3 Å². The summed E-state index contributed by atoms with van der Waals surface area (Å²) in [5.41, 5.74) is 1.80. The molecule has 0 aliphatic carbocycles. The van der Waals surface area contributed by atoms with Crippen LogP contribution in [-0.2, 0) is 4.74 Å². The van der Waals surface area contributed by atoms with Gasteiger partial charge in [0, 0.05) is 18.7 Å². The number of rotatable bonds is 2. The van der Waals surface area contributed by atoms with Gasteiger partial charge in [-0.3, -0.25) is 5.10 Å². The molecule has 10 heteroatoms. The molecule has 5 rings (SSSR count). The molecule has 0 atom stereocenters. The predicted octanol–water partition coefficient (Wildman–Crippen LogP) is 3.74. The van der Waals surface area contributed by atoms with Crippen LogP contribution in [0.15, 0.2) is 35.5 Å². The zero-order valence-corrected chi connectivity index (χ0v) is 15.8. The van der Waals surface area contributed by atoms with Crippen molar-refractivity contribution in [3.63, 3.8) is 0 Å². The van der Waals surface area contributed by atoms with Gasteiger partial charge >= 0.3 is 0 Å². The molecular weight excluding hydrogens is 402 g/mol. The Morgan fingerprint density at radius 2 is 1.90 bits per heavy atom. The Kier molecular flexibility index (Phi) is 4.40. The number of hydrogen-bond donors (Lipinski definition) is 2. The van der Waals surface area contributed by atoms with Gasteiger partial charge in [0.05, 0.1) is 36.4 Å². The van der Waals surface area contributed by atoms with Crippen molar-refractivity contribution in [2.45, 2.75) is 0 Å². The first-order chi connectivity index (χ1) is 14.1. The number of aromatic amines is 1.